The molecule has 0 aliphatic heterocycles. The summed E-state index contributed by atoms with van der Waals surface area (Å²) in [5.74, 6) is 0. The number of carbonyl (C=O) groups excluding carboxylic acids is 1. The number of hydrogen-bond donors (Lipinski definition) is 0. The Labute approximate surface area is 69.5 Å². The SMILES string of the molecule is CCCCCC(C)=C(C)C=O. The third-order valence-corrected chi connectivity index (χ3v) is 2.01. The van der Waals surface area contributed by atoms with Crippen LogP contribution in [0.15, 0.2) is 11.1 Å². The third-order valence-electron chi connectivity index (χ3n) is 2.01. The van der Waals surface area contributed by atoms with Crippen molar-refractivity contribution in [3.63, 3.8) is 0 Å². The first-order chi connectivity index (χ1) is 5.22. The summed E-state index contributed by atoms with van der Waals surface area (Å²) in [7, 11) is 0. The maximum atomic E-state index is 10.3. The molecule has 0 amide bonds. The van der Waals surface area contributed by atoms with Gasteiger partial charge in [-0.1, -0.05) is 25.3 Å². The van der Waals surface area contributed by atoms with Crippen molar-refractivity contribution in [2.45, 2.75) is 46.5 Å². The van der Waals surface area contributed by atoms with Crippen LogP contribution in [0.3, 0.4) is 0 Å². The zero-order valence-corrected chi connectivity index (χ0v) is 7.81. The summed E-state index contributed by atoms with van der Waals surface area (Å²) < 4.78 is 0. The number of carbonyl (C=O) groups is 1. The highest BCUT2D eigenvalue weighted by molar-refractivity contribution is 5.73. The van der Waals surface area contributed by atoms with Crippen LogP contribution in [0, 0.1) is 0 Å². The normalized spacial score (nSPS) is 12.6. The van der Waals surface area contributed by atoms with Gasteiger partial charge in [-0.05, 0) is 32.3 Å². The van der Waals surface area contributed by atoms with Crippen LogP contribution in [0.5, 0.6) is 0 Å². The van der Waals surface area contributed by atoms with Gasteiger partial charge >= 0.3 is 0 Å². The first kappa shape index (κ1) is 10.4. The zero-order valence-electron chi connectivity index (χ0n) is 7.81. The van der Waals surface area contributed by atoms with E-state index in [0.29, 0.717) is 0 Å². The lowest BCUT2D eigenvalue weighted by Crippen LogP contribution is -1.86. The second kappa shape index (κ2) is 6.14. The highest BCUT2D eigenvalue weighted by Crippen LogP contribution is 2.10. The van der Waals surface area contributed by atoms with Crippen molar-refractivity contribution >= 4 is 6.29 Å². The van der Waals surface area contributed by atoms with Crippen molar-refractivity contribution in [3.05, 3.63) is 11.1 Å². The standard InChI is InChI=1S/C10H18O/c1-4-5-6-7-9(2)10(3)8-11/h8H,4-7H2,1-3H3. The molecule has 0 bridgehead atoms. The van der Waals surface area contributed by atoms with Crippen molar-refractivity contribution in [2.75, 3.05) is 0 Å². The predicted octanol–water partition coefficient (Wildman–Crippen LogP) is 3.10. The number of hydrogen-bond acceptors (Lipinski definition) is 1. The molecule has 0 aromatic carbocycles. The maximum absolute atomic E-state index is 10.3. The summed E-state index contributed by atoms with van der Waals surface area (Å²) in [4.78, 5) is 10.3. The van der Waals surface area contributed by atoms with Crippen LogP contribution in [-0.2, 0) is 4.79 Å². The van der Waals surface area contributed by atoms with Gasteiger partial charge in [0, 0.05) is 0 Å². The molecule has 0 spiro atoms. The van der Waals surface area contributed by atoms with Crippen molar-refractivity contribution < 1.29 is 4.79 Å². The molecule has 0 radical (unpaired) electrons. The van der Waals surface area contributed by atoms with Gasteiger partial charge in [0.05, 0.1) is 0 Å². The van der Waals surface area contributed by atoms with Crippen molar-refractivity contribution in [2.24, 2.45) is 0 Å². The Morgan fingerprint density at radius 2 is 1.91 bits per heavy atom. The minimum absolute atomic E-state index is 0.904. The van der Waals surface area contributed by atoms with Gasteiger partial charge in [-0.15, -0.1) is 0 Å². The summed E-state index contributed by atoms with van der Waals surface area (Å²) in [6, 6.07) is 0. The lowest BCUT2D eigenvalue weighted by molar-refractivity contribution is -0.104. The minimum Gasteiger partial charge on any atom is -0.298 e. The van der Waals surface area contributed by atoms with Crippen molar-refractivity contribution in [1.82, 2.24) is 0 Å². The molecule has 11 heavy (non-hydrogen) atoms. The molecule has 64 valence electrons. The van der Waals surface area contributed by atoms with Crippen LogP contribution in [0.25, 0.3) is 0 Å². The topological polar surface area (TPSA) is 17.1 Å². The van der Waals surface area contributed by atoms with Crippen LogP contribution in [0.2, 0.25) is 0 Å². The fourth-order valence-electron chi connectivity index (χ4n) is 0.938. The second-order valence-corrected chi connectivity index (χ2v) is 3.04. The average Bonchev–Trinajstić information content (AvgIpc) is 2.03. The molecule has 0 saturated carbocycles. The Morgan fingerprint density at radius 1 is 1.27 bits per heavy atom. The molecular formula is C10H18O. The van der Waals surface area contributed by atoms with Crippen LogP contribution in [-0.4, -0.2) is 6.29 Å². The molecule has 0 aromatic heterocycles. The van der Waals surface area contributed by atoms with E-state index in [0.717, 1.165) is 18.3 Å². The molecule has 0 aromatic rings. The predicted molar refractivity (Wildman–Crippen MR) is 48.6 cm³/mol. The molecule has 0 atom stereocenters. The fourth-order valence-corrected chi connectivity index (χ4v) is 0.938. The Balaban J connectivity index is 3.67. The van der Waals surface area contributed by atoms with E-state index < -0.39 is 0 Å². The van der Waals surface area contributed by atoms with E-state index in [9.17, 15) is 4.79 Å². The Kier molecular flexibility index (Phi) is 5.81. The molecule has 0 rings (SSSR count). The Hall–Kier alpha value is -0.590. The van der Waals surface area contributed by atoms with Gasteiger partial charge < -0.3 is 0 Å². The van der Waals surface area contributed by atoms with Gasteiger partial charge in [0.1, 0.15) is 6.29 Å². The van der Waals surface area contributed by atoms with Gasteiger partial charge in [-0.3, -0.25) is 4.79 Å². The summed E-state index contributed by atoms with van der Waals surface area (Å²) in [5.41, 5.74) is 2.15. The lowest BCUT2D eigenvalue weighted by atomic mass is 10.1. The number of allylic oxidation sites excluding steroid dienone is 2. The van der Waals surface area contributed by atoms with E-state index in [-0.39, 0.29) is 0 Å². The quantitative estimate of drug-likeness (QED) is 0.338. The number of rotatable bonds is 5. The largest absolute Gasteiger partial charge is 0.298 e. The van der Waals surface area contributed by atoms with E-state index in [4.69, 9.17) is 0 Å². The minimum atomic E-state index is 0.904. The van der Waals surface area contributed by atoms with Gasteiger partial charge in [0.2, 0.25) is 0 Å². The lowest BCUT2D eigenvalue weighted by Gasteiger charge is -2.00. The smallest absolute Gasteiger partial charge is 0.145 e. The van der Waals surface area contributed by atoms with Crippen LogP contribution in [0.4, 0.5) is 0 Å². The highest BCUT2D eigenvalue weighted by Gasteiger charge is 1.94. The monoisotopic (exact) mass is 154 g/mol. The second-order valence-electron chi connectivity index (χ2n) is 3.04. The molecule has 1 heteroatoms. The molecule has 0 unspecified atom stereocenters. The first-order valence-corrected chi connectivity index (χ1v) is 4.34. The maximum Gasteiger partial charge on any atom is 0.145 e. The summed E-state index contributed by atoms with van der Waals surface area (Å²) >= 11 is 0. The molecule has 0 aliphatic rings. The van der Waals surface area contributed by atoms with Gasteiger partial charge in [0.25, 0.3) is 0 Å². The van der Waals surface area contributed by atoms with Crippen LogP contribution in [0.1, 0.15) is 46.5 Å². The molecule has 0 heterocycles. The fraction of sp³-hybridized carbons (Fsp3) is 0.700. The third kappa shape index (κ3) is 4.77. The molecule has 0 N–H and O–H groups in total. The van der Waals surface area contributed by atoms with Crippen LogP contribution < -0.4 is 0 Å². The molecule has 0 saturated heterocycles. The van der Waals surface area contributed by atoms with Crippen molar-refractivity contribution in [3.8, 4) is 0 Å². The first-order valence-electron chi connectivity index (χ1n) is 4.34. The number of aldehydes is 1. The van der Waals surface area contributed by atoms with Gasteiger partial charge in [0.15, 0.2) is 0 Å². The summed E-state index contributed by atoms with van der Waals surface area (Å²) in [6.45, 7) is 6.11. The van der Waals surface area contributed by atoms with E-state index in [1.807, 2.05) is 13.8 Å². The molecular weight excluding hydrogens is 136 g/mol. The van der Waals surface area contributed by atoms with E-state index >= 15 is 0 Å². The summed E-state index contributed by atoms with van der Waals surface area (Å²) in [6.07, 6.45) is 5.75. The van der Waals surface area contributed by atoms with E-state index in [1.165, 1.54) is 24.8 Å². The Bertz CT molecular complexity index is 145. The van der Waals surface area contributed by atoms with E-state index in [1.54, 1.807) is 0 Å². The average molecular weight is 154 g/mol. The summed E-state index contributed by atoms with van der Waals surface area (Å²) in [5, 5.41) is 0. The van der Waals surface area contributed by atoms with Gasteiger partial charge in [-0.2, -0.15) is 0 Å². The van der Waals surface area contributed by atoms with Gasteiger partial charge in [-0.25, -0.2) is 0 Å². The van der Waals surface area contributed by atoms with Crippen molar-refractivity contribution in [1.29, 1.82) is 0 Å². The molecule has 1 nitrogen and oxygen atoms in total. The van der Waals surface area contributed by atoms with Crippen LogP contribution >= 0.6 is 0 Å². The molecule has 0 aliphatic carbocycles. The highest BCUT2D eigenvalue weighted by atomic mass is 16.1. The Morgan fingerprint density at radius 3 is 2.36 bits per heavy atom. The number of unbranched alkanes of at least 4 members (excludes halogenated alkanes) is 2. The molecule has 0 fully saturated rings. The van der Waals surface area contributed by atoms with E-state index in [2.05, 4.69) is 6.92 Å². The zero-order chi connectivity index (χ0) is 8.69.